The minimum Gasteiger partial charge on any atom is -0.301 e. The molecule has 1 nitrogen and oxygen atoms in total. The molecule has 0 heterocycles. The third-order valence-electron chi connectivity index (χ3n) is 3.89. The molecule has 0 bridgehead atoms. The lowest BCUT2D eigenvalue weighted by molar-refractivity contribution is 0.239. The van der Waals surface area contributed by atoms with Gasteiger partial charge in [0.15, 0.2) is 0 Å². The molecule has 0 saturated carbocycles. The van der Waals surface area contributed by atoms with Gasteiger partial charge in [0.2, 0.25) is 0 Å². The molecule has 0 aliphatic heterocycles. The van der Waals surface area contributed by atoms with Gasteiger partial charge in [0.1, 0.15) is 0 Å². The molecular formula is C18H21N. The van der Waals surface area contributed by atoms with Crippen LogP contribution in [0.3, 0.4) is 0 Å². The Balaban J connectivity index is 1.59. The minimum atomic E-state index is 0.587. The third-order valence-corrected chi connectivity index (χ3v) is 3.89. The van der Waals surface area contributed by atoms with E-state index in [4.69, 9.17) is 0 Å². The van der Waals surface area contributed by atoms with Crippen LogP contribution >= 0.6 is 0 Å². The van der Waals surface area contributed by atoms with Crippen molar-refractivity contribution in [3.63, 3.8) is 0 Å². The molecule has 0 unspecified atom stereocenters. The lowest BCUT2D eigenvalue weighted by Gasteiger charge is -2.27. The second-order valence-corrected chi connectivity index (χ2v) is 5.52. The molecule has 0 aromatic heterocycles. The van der Waals surface area contributed by atoms with E-state index in [0.29, 0.717) is 17.8 Å². The summed E-state index contributed by atoms with van der Waals surface area (Å²) in [5.74, 6) is 1.76. The maximum Gasteiger partial charge on any atom is 0.00804 e. The molecule has 0 atom stereocenters. The molecule has 3 rings (SSSR count). The van der Waals surface area contributed by atoms with Gasteiger partial charge in [-0.2, -0.15) is 0 Å². The van der Waals surface area contributed by atoms with Crippen molar-refractivity contribution >= 4 is 0 Å². The van der Waals surface area contributed by atoms with Crippen LogP contribution in [0.1, 0.15) is 0 Å². The molecule has 0 saturated heterocycles. The van der Waals surface area contributed by atoms with Crippen molar-refractivity contribution in [3.05, 3.63) is 72.9 Å². The molecule has 0 radical (unpaired) electrons. The van der Waals surface area contributed by atoms with Crippen LogP contribution in [0.4, 0.5) is 0 Å². The van der Waals surface area contributed by atoms with Crippen LogP contribution in [0, 0.1) is 17.8 Å². The SMILES string of the molecule is C1=CC(CN(CC2C=CC=C2)CC2C=CC=C2)C=C1. The van der Waals surface area contributed by atoms with E-state index in [9.17, 15) is 0 Å². The highest BCUT2D eigenvalue weighted by Gasteiger charge is 2.18. The van der Waals surface area contributed by atoms with Gasteiger partial charge in [-0.05, 0) is 0 Å². The summed E-state index contributed by atoms with van der Waals surface area (Å²) < 4.78 is 0. The van der Waals surface area contributed by atoms with E-state index in [0.717, 1.165) is 19.6 Å². The van der Waals surface area contributed by atoms with Gasteiger partial charge < -0.3 is 4.90 Å². The number of nitrogens with zero attached hydrogens (tertiary/aromatic N) is 1. The monoisotopic (exact) mass is 251 g/mol. The summed E-state index contributed by atoms with van der Waals surface area (Å²) in [7, 11) is 0. The number of allylic oxidation sites excluding steroid dienone is 6. The highest BCUT2D eigenvalue weighted by molar-refractivity contribution is 5.21. The predicted molar refractivity (Wildman–Crippen MR) is 81.8 cm³/mol. The summed E-state index contributed by atoms with van der Waals surface area (Å²) in [4.78, 5) is 2.60. The zero-order valence-corrected chi connectivity index (χ0v) is 11.2. The van der Waals surface area contributed by atoms with Crippen molar-refractivity contribution in [3.8, 4) is 0 Å². The van der Waals surface area contributed by atoms with Crippen LogP contribution in [-0.2, 0) is 0 Å². The molecule has 1 heteroatoms. The minimum absolute atomic E-state index is 0.587. The normalized spacial score (nSPS) is 21.9. The third kappa shape index (κ3) is 3.45. The van der Waals surface area contributed by atoms with Crippen molar-refractivity contribution in [2.24, 2.45) is 17.8 Å². The van der Waals surface area contributed by atoms with Gasteiger partial charge in [0, 0.05) is 37.4 Å². The number of hydrogen-bond donors (Lipinski definition) is 0. The van der Waals surface area contributed by atoms with E-state index >= 15 is 0 Å². The molecule has 0 fully saturated rings. The quantitative estimate of drug-likeness (QED) is 0.698. The summed E-state index contributed by atoms with van der Waals surface area (Å²) in [6.45, 7) is 3.38. The number of hydrogen-bond acceptors (Lipinski definition) is 1. The zero-order chi connectivity index (χ0) is 12.9. The maximum absolute atomic E-state index is 2.60. The lowest BCUT2D eigenvalue weighted by Crippen LogP contribution is -2.35. The summed E-state index contributed by atoms with van der Waals surface area (Å²) in [5, 5.41) is 0. The first kappa shape index (κ1) is 12.4. The Bertz CT molecular complexity index is 369. The molecule has 0 aromatic rings. The molecule has 0 amide bonds. The standard InChI is InChI=1S/C18H21N/c1-2-8-16(7-1)13-19(14-17-9-3-4-10-17)15-18-11-5-6-12-18/h1-12,16-18H,13-15H2. The topological polar surface area (TPSA) is 3.24 Å². The Morgan fingerprint density at radius 1 is 0.474 bits per heavy atom. The van der Waals surface area contributed by atoms with E-state index in [2.05, 4.69) is 77.8 Å². The first-order valence-electron chi connectivity index (χ1n) is 7.17. The first-order valence-corrected chi connectivity index (χ1v) is 7.17. The van der Waals surface area contributed by atoms with E-state index in [1.54, 1.807) is 0 Å². The summed E-state index contributed by atoms with van der Waals surface area (Å²) >= 11 is 0. The van der Waals surface area contributed by atoms with Crippen LogP contribution in [0.5, 0.6) is 0 Å². The Kier molecular flexibility index (Phi) is 3.95. The molecule has 3 aliphatic rings. The molecular weight excluding hydrogens is 230 g/mol. The molecule has 0 N–H and O–H groups in total. The highest BCUT2D eigenvalue weighted by atomic mass is 15.1. The smallest absolute Gasteiger partial charge is 0.00804 e. The van der Waals surface area contributed by atoms with Crippen LogP contribution in [0.15, 0.2) is 72.9 Å². The number of rotatable bonds is 6. The van der Waals surface area contributed by atoms with Crippen LogP contribution in [0.2, 0.25) is 0 Å². The van der Waals surface area contributed by atoms with Crippen molar-refractivity contribution in [1.29, 1.82) is 0 Å². The van der Waals surface area contributed by atoms with Crippen molar-refractivity contribution < 1.29 is 0 Å². The second-order valence-electron chi connectivity index (χ2n) is 5.52. The maximum atomic E-state index is 2.60. The summed E-state index contributed by atoms with van der Waals surface area (Å²) in [6, 6.07) is 0. The molecule has 98 valence electrons. The zero-order valence-electron chi connectivity index (χ0n) is 11.2. The summed E-state index contributed by atoms with van der Waals surface area (Å²) in [5.41, 5.74) is 0. The summed E-state index contributed by atoms with van der Waals surface area (Å²) in [6.07, 6.45) is 26.8. The average Bonchev–Trinajstić information content (AvgIpc) is 3.10. The predicted octanol–water partition coefficient (Wildman–Crippen LogP) is 3.52. The fourth-order valence-corrected chi connectivity index (χ4v) is 2.92. The van der Waals surface area contributed by atoms with Gasteiger partial charge in [0.05, 0.1) is 0 Å². The molecule has 19 heavy (non-hydrogen) atoms. The van der Waals surface area contributed by atoms with Gasteiger partial charge in [-0.3, -0.25) is 0 Å². The Hall–Kier alpha value is -1.60. The van der Waals surface area contributed by atoms with Gasteiger partial charge >= 0.3 is 0 Å². The highest BCUT2D eigenvalue weighted by Crippen LogP contribution is 2.18. The van der Waals surface area contributed by atoms with Gasteiger partial charge in [-0.1, -0.05) is 72.9 Å². The Labute approximate surface area is 116 Å². The fraction of sp³-hybridized carbons (Fsp3) is 0.333. The van der Waals surface area contributed by atoms with Crippen molar-refractivity contribution in [2.45, 2.75) is 0 Å². The average molecular weight is 251 g/mol. The van der Waals surface area contributed by atoms with Crippen LogP contribution in [-0.4, -0.2) is 24.5 Å². The molecule has 0 aromatic carbocycles. The van der Waals surface area contributed by atoms with E-state index in [1.807, 2.05) is 0 Å². The largest absolute Gasteiger partial charge is 0.301 e. The van der Waals surface area contributed by atoms with Crippen molar-refractivity contribution in [1.82, 2.24) is 4.90 Å². The first-order chi connectivity index (χ1) is 9.40. The Morgan fingerprint density at radius 3 is 1.00 bits per heavy atom. The van der Waals surface area contributed by atoms with E-state index < -0.39 is 0 Å². The van der Waals surface area contributed by atoms with Crippen LogP contribution < -0.4 is 0 Å². The molecule has 3 aliphatic carbocycles. The van der Waals surface area contributed by atoms with E-state index in [-0.39, 0.29) is 0 Å². The molecule has 0 spiro atoms. The lowest BCUT2D eigenvalue weighted by atomic mass is 10.1. The second kappa shape index (κ2) is 6.03. The van der Waals surface area contributed by atoms with Gasteiger partial charge in [-0.15, -0.1) is 0 Å². The fourth-order valence-electron chi connectivity index (χ4n) is 2.92. The van der Waals surface area contributed by atoms with E-state index in [1.165, 1.54) is 0 Å². The van der Waals surface area contributed by atoms with Gasteiger partial charge in [0.25, 0.3) is 0 Å². The Morgan fingerprint density at radius 2 is 0.737 bits per heavy atom. The van der Waals surface area contributed by atoms with Gasteiger partial charge in [-0.25, -0.2) is 0 Å². The van der Waals surface area contributed by atoms with Crippen molar-refractivity contribution in [2.75, 3.05) is 19.6 Å². The van der Waals surface area contributed by atoms with Crippen LogP contribution in [0.25, 0.3) is 0 Å².